The molecule has 2 aliphatic rings. The van der Waals surface area contributed by atoms with Gasteiger partial charge < -0.3 is 30.7 Å². The number of benzene rings is 2. The summed E-state index contributed by atoms with van der Waals surface area (Å²) in [6.45, 7) is 7.50. The quantitative estimate of drug-likeness (QED) is 0.0994. The number of aliphatic hydroxyl groups is 1. The van der Waals surface area contributed by atoms with E-state index in [9.17, 15) is 23.1 Å². The lowest BCUT2D eigenvalue weighted by atomic mass is 9.97. The molecule has 0 bridgehead atoms. The standard InChI is InChI=1S/C35H47N7O6S2/c1-24(2)33(42-17-16-40(35(42)45)20-29-23-49-25(3)38-29)34(44)39-31(18-26-8-5-4-6-9-26)32(43)22-41(21-28-10-7-15-36-28)50(47,48)30-13-11-27(12-14-30)19-37-46/h4-6,8-9,11-14,19,23-24,28,31-33,36,43,46H,7,10,15-18,20-22H2,1-3H3,(H,39,44)/t28?,31-,32-,33-/m0/s1. The predicted octanol–water partition coefficient (Wildman–Crippen LogP) is 3.05. The molecule has 2 aliphatic heterocycles. The van der Waals surface area contributed by atoms with E-state index in [1.807, 2.05) is 56.5 Å². The van der Waals surface area contributed by atoms with Gasteiger partial charge in [0, 0.05) is 37.6 Å². The van der Waals surface area contributed by atoms with Crippen LogP contribution in [0.3, 0.4) is 0 Å². The van der Waals surface area contributed by atoms with Crippen molar-refractivity contribution in [3.05, 3.63) is 81.8 Å². The summed E-state index contributed by atoms with van der Waals surface area (Å²) in [6, 6.07) is 13.3. The average Bonchev–Trinajstić information content (AvgIpc) is 3.84. The molecule has 270 valence electrons. The smallest absolute Gasteiger partial charge is 0.321 e. The van der Waals surface area contributed by atoms with E-state index >= 15 is 0 Å². The van der Waals surface area contributed by atoms with Crippen molar-refractivity contribution < 1.29 is 28.3 Å². The monoisotopic (exact) mass is 725 g/mol. The molecule has 2 fully saturated rings. The van der Waals surface area contributed by atoms with Gasteiger partial charge in [0.1, 0.15) is 6.04 Å². The predicted molar refractivity (Wildman–Crippen MR) is 192 cm³/mol. The lowest BCUT2D eigenvalue weighted by molar-refractivity contribution is -0.128. The highest BCUT2D eigenvalue weighted by atomic mass is 32.2. The van der Waals surface area contributed by atoms with Gasteiger partial charge in [0.15, 0.2) is 0 Å². The lowest BCUT2D eigenvalue weighted by Crippen LogP contribution is -2.57. The summed E-state index contributed by atoms with van der Waals surface area (Å²) >= 11 is 1.52. The highest BCUT2D eigenvalue weighted by Crippen LogP contribution is 2.23. The minimum absolute atomic E-state index is 0.0335. The second-order valence-electron chi connectivity index (χ2n) is 13.2. The van der Waals surface area contributed by atoms with Crippen molar-refractivity contribution >= 4 is 39.5 Å². The van der Waals surface area contributed by atoms with Crippen molar-refractivity contribution in [3.63, 3.8) is 0 Å². The first-order valence-electron chi connectivity index (χ1n) is 17.0. The number of nitrogens with one attached hydrogen (secondary N) is 2. The Hall–Kier alpha value is -3.89. The number of oxime groups is 1. The van der Waals surface area contributed by atoms with Crippen LogP contribution in [0.25, 0.3) is 0 Å². The second kappa shape index (κ2) is 16.9. The minimum Gasteiger partial charge on any atom is -0.411 e. The van der Waals surface area contributed by atoms with Crippen molar-refractivity contribution in [1.29, 1.82) is 0 Å². The van der Waals surface area contributed by atoms with E-state index in [0.717, 1.165) is 35.7 Å². The molecule has 2 saturated heterocycles. The summed E-state index contributed by atoms with van der Waals surface area (Å²) in [5.74, 6) is -0.646. The molecule has 1 unspecified atom stereocenters. The van der Waals surface area contributed by atoms with E-state index in [1.165, 1.54) is 46.1 Å². The van der Waals surface area contributed by atoms with Gasteiger partial charge in [0.25, 0.3) is 0 Å². The summed E-state index contributed by atoms with van der Waals surface area (Å²) in [5.41, 5.74) is 2.19. The number of aryl methyl sites for hydroxylation is 1. The van der Waals surface area contributed by atoms with Crippen LogP contribution in [0.1, 0.15) is 48.5 Å². The zero-order chi connectivity index (χ0) is 35.8. The van der Waals surface area contributed by atoms with Crippen molar-refractivity contribution in [3.8, 4) is 0 Å². The molecule has 13 nitrogen and oxygen atoms in total. The number of thiazole rings is 1. The van der Waals surface area contributed by atoms with E-state index < -0.39 is 34.1 Å². The number of aromatic nitrogens is 1. The van der Waals surface area contributed by atoms with Gasteiger partial charge in [-0.3, -0.25) is 4.79 Å². The number of nitrogens with zero attached hydrogens (tertiary/aromatic N) is 5. The molecule has 0 aliphatic carbocycles. The third-order valence-electron chi connectivity index (χ3n) is 9.17. The number of carbonyl (C=O) groups is 2. The molecular weight excluding hydrogens is 679 g/mol. The van der Waals surface area contributed by atoms with E-state index in [0.29, 0.717) is 25.2 Å². The number of rotatable bonds is 16. The van der Waals surface area contributed by atoms with E-state index in [-0.39, 0.29) is 42.4 Å². The van der Waals surface area contributed by atoms with Crippen LogP contribution >= 0.6 is 11.3 Å². The van der Waals surface area contributed by atoms with Crippen LogP contribution in [0.5, 0.6) is 0 Å². The third kappa shape index (κ3) is 9.26. The topological polar surface area (TPSA) is 168 Å². The fraction of sp³-hybridized carbons (Fsp3) is 0.486. The summed E-state index contributed by atoms with van der Waals surface area (Å²) in [6.07, 6.45) is 1.86. The first-order valence-corrected chi connectivity index (χ1v) is 19.3. The fourth-order valence-corrected chi connectivity index (χ4v) is 8.72. The zero-order valence-corrected chi connectivity index (χ0v) is 30.3. The number of urea groups is 1. The van der Waals surface area contributed by atoms with Crippen LogP contribution in [0.4, 0.5) is 4.79 Å². The molecule has 15 heteroatoms. The fourth-order valence-electron chi connectivity index (χ4n) is 6.61. The zero-order valence-electron chi connectivity index (χ0n) is 28.7. The Morgan fingerprint density at radius 2 is 1.92 bits per heavy atom. The number of hydrogen-bond donors (Lipinski definition) is 4. The molecule has 3 heterocycles. The van der Waals surface area contributed by atoms with Crippen molar-refractivity contribution in [2.45, 2.75) is 75.7 Å². The van der Waals surface area contributed by atoms with Crippen LogP contribution in [0.15, 0.2) is 70.0 Å². The Morgan fingerprint density at radius 1 is 1.18 bits per heavy atom. The Bertz CT molecular complexity index is 1710. The van der Waals surface area contributed by atoms with Gasteiger partial charge in [-0.15, -0.1) is 11.3 Å². The van der Waals surface area contributed by atoms with E-state index in [4.69, 9.17) is 5.21 Å². The van der Waals surface area contributed by atoms with Crippen LogP contribution < -0.4 is 10.6 Å². The highest BCUT2D eigenvalue weighted by Gasteiger charge is 2.41. The molecule has 3 aromatic rings. The molecular formula is C35H47N7O6S2. The summed E-state index contributed by atoms with van der Waals surface area (Å²) in [5, 5.41) is 33.0. The molecule has 5 rings (SSSR count). The van der Waals surface area contributed by atoms with Crippen LogP contribution in [0.2, 0.25) is 0 Å². The number of amides is 3. The van der Waals surface area contributed by atoms with Crippen LogP contribution in [0, 0.1) is 12.8 Å². The van der Waals surface area contributed by atoms with Gasteiger partial charge in [0.2, 0.25) is 15.9 Å². The SMILES string of the molecule is Cc1nc(CN2CCN([C@H](C(=O)N[C@@H](Cc3ccccc3)[C@@H](O)CN(CC3CCCN3)S(=O)(=O)c3ccc(C=NO)cc3)C(C)C)C2=O)cs1. The van der Waals surface area contributed by atoms with Crippen molar-refractivity contribution in [2.24, 2.45) is 11.1 Å². The largest absolute Gasteiger partial charge is 0.411 e. The Kier molecular flexibility index (Phi) is 12.6. The Balaban J connectivity index is 1.38. The van der Waals surface area contributed by atoms with Crippen LogP contribution in [-0.4, -0.2) is 113 Å². The van der Waals surface area contributed by atoms with Gasteiger partial charge in [-0.05, 0) is 61.9 Å². The second-order valence-corrected chi connectivity index (χ2v) is 16.2. The maximum Gasteiger partial charge on any atom is 0.321 e. The molecule has 0 saturated carbocycles. The van der Waals surface area contributed by atoms with Gasteiger partial charge in [0.05, 0.1) is 40.5 Å². The molecule has 0 radical (unpaired) electrons. The van der Waals surface area contributed by atoms with Crippen molar-refractivity contribution in [2.75, 3.05) is 32.7 Å². The van der Waals surface area contributed by atoms with E-state index in [2.05, 4.69) is 20.8 Å². The van der Waals surface area contributed by atoms with Gasteiger partial charge in [-0.1, -0.05) is 61.5 Å². The summed E-state index contributed by atoms with van der Waals surface area (Å²) in [4.78, 5) is 35.5. The first kappa shape index (κ1) is 37.4. The van der Waals surface area contributed by atoms with Gasteiger partial charge in [-0.2, -0.15) is 4.31 Å². The number of aliphatic hydroxyl groups excluding tert-OH is 1. The van der Waals surface area contributed by atoms with Crippen LogP contribution in [-0.2, 0) is 27.8 Å². The molecule has 4 N–H and O–H groups in total. The maximum absolute atomic E-state index is 14.1. The van der Waals surface area contributed by atoms with Gasteiger partial charge >= 0.3 is 6.03 Å². The molecule has 50 heavy (non-hydrogen) atoms. The summed E-state index contributed by atoms with van der Waals surface area (Å²) < 4.78 is 29.4. The molecule has 4 atom stereocenters. The Labute approximate surface area is 298 Å². The molecule has 3 amide bonds. The lowest BCUT2D eigenvalue weighted by Gasteiger charge is -2.34. The third-order valence-corrected chi connectivity index (χ3v) is 11.8. The normalized spacial score (nSPS) is 18.8. The Morgan fingerprint density at radius 3 is 2.54 bits per heavy atom. The van der Waals surface area contributed by atoms with E-state index in [1.54, 1.807) is 9.80 Å². The maximum atomic E-state index is 14.1. The average molecular weight is 726 g/mol. The first-order chi connectivity index (χ1) is 24.0. The molecule has 1 aromatic heterocycles. The summed E-state index contributed by atoms with van der Waals surface area (Å²) in [7, 11) is -4.08. The number of carbonyl (C=O) groups excluding carboxylic acids is 2. The highest BCUT2D eigenvalue weighted by molar-refractivity contribution is 7.89. The van der Waals surface area contributed by atoms with Crippen molar-refractivity contribution in [1.82, 2.24) is 29.7 Å². The van der Waals surface area contributed by atoms with Gasteiger partial charge in [-0.25, -0.2) is 18.2 Å². The molecule has 2 aromatic carbocycles. The number of hydrogen-bond acceptors (Lipinski definition) is 10. The number of sulfonamides is 1. The molecule has 0 spiro atoms. The minimum atomic E-state index is -4.08.